The molecule has 3 aromatic carbocycles. The van der Waals surface area contributed by atoms with Gasteiger partial charge in [-0.2, -0.15) is 21.1 Å². The minimum atomic E-state index is -4.17. The smallest absolute Gasteiger partial charge is 0.265 e. The van der Waals surface area contributed by atoms with Crippen LogP contribution >= 0.6 is 0 Å². The molecule has 1 saturated heterocycles. The Kier molecular flexibility index (Phi) is 9.18. The highest BCUT2D eigenvalue weighted by atomic mass is 32.2. The molecule has 216 valence electrons. The highest BCUT2D eigenvalue weighted by Gasteiger charge is 2.41. The number of aryl methyl sites for hydroxylation is 3. The van der Waals surface area contributed by atoms with E-state index >= 15 is 0 Å². The summed E-state index contributed by atoms with van der Waals surface area (Å²) in [7, 11) is -12.5. The number of rotatable bonds is 10. The maximum Gasteiger partial charge on any atom is 0.297 e. The van der Waals surface area contributed by atoms with Crippen molar-refractivity contribution in [1.82, 2.24) is 4.31 Å². The Bertz CT molecular complexity index is 1550. The van der Waals surface area contributed by atoms with Crippen LogP contribution in [0.5, 0.6) is 0 Å². The van der Waals surface area contributed by atoms with Crippen LogP contribution in [0, 0.1) is 20.8 Å². The zero-order valence-corrected chi connectivity index (χ0v) is 25.0. The largest absolute Gasteiger partial charge is 0.297 e. The average molecular weight is 609 g/mol. The van der Waals surface area contributed by atoms with Crippen LogP contribution in [0.25, 0.3) is 0 Å². The van der Waals surface area contributed by atoms with Crippen molar-refractivity contribution in [3.8, 4) is 0 Å². The standard InChI is InChI=1S/C28H33NO8S3/c1-21-7-13-26(14-8-21)38(30,31)29-24(19-36-39(32,33)27-15-9-22(2)10-16-27)5-4-6-25(29)20-37-40(34,35)28-17-11-23(3)12-18-28/h7-18,24-25H,4-6,19-20H2,1-3H3/t24-,25+/i19+1/m1/s1. The van der Waals surface area contributed by atoms with Gasteiger partial charge in [0.15, 0.2) is 0 Å². The summed E-state index contributed by atoms with van der Waals surface area (Å²) in [5.74, 6) is 0. The maximum absolute atomic E-state index is 13.9. The molecule has 0 spiro atoms. The monoisotopic (exact) mass is 608 g/mol. The lowest BCUT2D eigenvalue weighted by Crippen LogP contribution is -2.53. The lowest BCUT2D eigenvalue weighted by molar-refractivity contribution is 0.0985. The van der Waals surface area contributed by atoms with Gasteiger partial charge in [0, 0.05) is 0 Å². The summed E-state index contributed by atoms with van der Waals surface area (Å²) in [6.45, 7) is 4.63. The molecule has 4 rings (SSSR count). The van der Waals surface area contributed by atoms with Crippen LogP contribution in [0.2, 0.25) is 0 Å². The highest BCUT2D eigenvalue weighted by Crippen LogP contribution is 2.32. The minimum Gasteiger partial charge on any atom is -0.265 e. The number of piperidine rings is 1. The van der Waals surface area contributed by atoms with Crippen LogP contribution < -0.4 is 0 Å². The molecule has 0 amide bonds. The van der Waals surface area contributed by atoms with E-state index in [2.05, 4.69) is 0 Å². The third-order valence-electron chi connectivity index (χ3n) is 6.84. The van der Waals surface area contributed by atoms with Crippen LogP contribution in [0.1, 0.15) is 36.0 Å². The predicted molar refractivity (Wildman–Crippen MR) is 150 cm³/mol. The van der Waals surface area contributed by atoms with Crippen molar-refractivity contribution in [2.75, 3.05) is 13.2 Å². The van der Waals surface area contributed by atoms with Crippen molar-refractivity contribution in [3.63, 3.8) is 0 Å². The van der Waals surface area contributed by atoms with E-state index in [0.717, 1.165) is 21.0 Å². The SMILES string of the molecule is Cc1ccc(S(=O)(=O)OC[C@@H]2CCC[C@H]([13CH2]OS(=O)(=O)c3ccc(C)cc3)N2S(=O)(=O)c2ccc(C)cc2)cc1. The summed E-state index contributed by atoms with van der Waals surface area (Å²) in [5.41, 5.74) is 2.63. The number of benzene rings is 3. The van der Waals surface area contributed by atoms with Gasteiger partial charge in [-0.1, -0.05) is 59.5 Å². The Labute approximate surface area is 237 Å². The number of hydrogen-bond donors (Lipinski definition) is 0. The van der Waals surface area contributed by atoms with Crippen molar-refractivity contribution >= 4 is 30.3 Å². The molecule has 0 radical (unpaired) electrons. The first-order valence-corrected chi connectivity index (χ1v) is 17.1. The Morgan fingerprint density at radius 1 is 0.575 bits per heavy atom. The Morgan fingerprint density at radius 2 is 0.900 bits per heavy atom. The Balaban J connectivity index is 1.62. The van der Waals surface area contributed by atoms with E-state index in [4.69, 9.17) is 8.37 Å². The zero-order chi connectivity index (χ0) is 29.1. The van der Waals surface area contributed by atoms with Crippen molar-refractivity contribution in [1.29, 1.82) is 0 Å². The van der Waals surface area contributed by atoms with E-state index in [9.17, 15) is 25.3 Å². The number of hydrogen-bond acceptors (Lipinski definition) is 8. The van der Waals surface area contributed by atoms with Crippen molar-refractivity contribution in [2.24, 2.45) is 0 Å². The molecule has 40 heavy (non-hydrogen) atoms. The van der Waals surface area contributed by atoms with Crippen LogP contribution in [-0.2, 0) is 38.6 Å². The summed E-state index contributed by atoms with van der Waals surface area (Å²) >= 11 is 0. The molecule has 0 bridgehead atoms. The normalized spacial score (nSPS) is 19.0. The van der Waals surface area contributed by atoms with Crippen LogP contribution in [-0.4, -0.2) is 54.9 Å². The van der Waals surface area contributed by atoms with Gasteiger partial charge in [-0.3, -0.25) is 8.37 Å². The summed E-state index contributed by atoms with van der Waals surface area (Å²) in [5, 5.41) is 0. The predicted octanol–water partition coefficient (Wildman–Crippen LogP) is 4.33. The van der Waals surface area contributed by atoms with E-state index in [0.29, 0.717) is 19.3 Å². The first kappa shape index (κ1) is 30.4. The van der Waals surface area contributed by atoms with Gasteiger partial charge in [0.2, 0.25) is 10.0 Å². The molecule has 1 aliphatic heterocycles. The maximum atomic E-state index is 13.9. The number of sulfonamides is 1. The first-order chi connectivity index (χ1) is 18.8. The summed E-state index contributed by atoms with van der Waals surface area (Å²) < 4.78 is 91.2. The molecule has 12 heteroatoms. The molecule has 0 aromatic heterocycles. The minimum absolute atomic E-state index is 0.0118. The zero-order valence-electron chi connectivity index (χ0n) is 22.6. The quantitative estimate of drug-likeness (QED) is 0.246. The molecule has 3 aromatic rings. The van der Waals surface area contributed by atoms with Gasteiger partial charge in [0.05, 0.1) is 40.0 Å². The van der Waals surface area contributed by atoms with Gasteiger partial charge in [0.1, 0.15) is 0 Å². The van der Waals surface area contributed by atoms with E-state index in [1.54, 1.807) is 36.4 Å². The fraction of sp³-hybridized carbons (Fsp3) is 0.357. The van der Waals surface area contributed by atoms with Crippen molar-refractivity contribution in [2.45, 2.75) is 66.8 Å². The molecule has 2 atom stereocenters. The van der Waals surface area contributed by atoms with Crippen LogP contribution in [0.3, 0.4) is 0 Å². The Morgan fingerprint density at radius 3 is 1.25 bits per heavy atom. The van der Waals surface area contributed by atoms with E-state index in [1.165, 1.54) is 36.4 Å². The van der Waals surface area contributed by atoms with E-state index in [1.807, 2.05) is 20.8 Å². The van der Waals surface area contributed by atoms with E-state index in [-0.39, 0.29) is 14.7 Å². The molecule has 0 saturated carbocycles. The van der Waals surface area contributed by atoms with Crippen LogP contribution in [0.15, 0.2) is 87.5 Å². The van der Waals surface area contributed by atoms with Gasteiger partial charge in [-0.15, -0.1) is 0 Å². The summed E-state index contributed by atoms with van der Waals surface area (Å²) in [6, 6.07) is 16.8. The fourth-order valence-corrected chi connectivity index (χ4v) is 8.29. The average Bonchev–Trinajstić information content (AvgIpc) is 2.91. The second-order valence-corrected chi connectivity index (χ2v) is 15.1. The molecule has 9 nitrogen and oxygen atoms in total. The van der Waals surface area contributed by atoms with Gasteiger partial charge >= 0.3 is 0 Å². The van der Waals surface area contributed by atoms with Crippen molar-refractivity contribution < 1.29 is 33.6 Å². The summed E-state index contributed by atoms with van der Waals surface area (Å²) in [6.07, 6.45) is 1.18. The van der Waals surface area contributed by atoms with Gasteiger partial charge < -0.3 is 0 Å². The molecule has 1 heterocycles. The number of nitrogens with zero attached hydrogens (tertiary/aromatic N) is 1. The molecule has 1 aliphatic rings. The van der Waals surface area contributed by atoms with Gasteiger partial charge in [0.25, 0.3) is 20.2 Å². The third kappa shape index (κ3) is 6.99. The van der Waals surface area contributed by atoms with E-state index < -0.39 is 55.6 Å². The molecule has 1 fully saturated rings. The fourth-order valence-electron chi connectivity index (χ4n) is 4.56. The lowest BCUT2D eigenvalue weighted by Gasteiger charge is -2.40. The Hall–Kier alpha value is -2.61. The van der Waals surface area contributed by atoms with Crippen LogP contribution in [0.4, 0.5) is 0 Å². The molecular weight excluding hydrogens is 576 g/mol. The van der Waals surface area contributed by atoms with Gasteiger partial charge in [-0.05, 0) is 70.0 Å². The molecule has 0 unspecified atom stereocenters. The van der Waals surface area contributed by atoms with Crippen molar-refractivity contribution in [3.05, 3.63) is 89.5 Å². The second kappa shape index (κ2) is 12.1. The molecular formula is C28H33NO8S3. The highest BCUT2D eigenvalue weighted by molar-refractivity contribution is 7.89. The molecule has 0 N–H and O–H groups in total. The van der Waals surface area contributed by atoms with Gasteiger partial charge in [-0.25, -0.2) is 8.42 Å². The second-order valence-electron chi connectivity index (χ2n) is 9.99. The molecule has 0 aliphatic carbocycles. The summed E-state index contributed by atoms with van der Waals surface area (Å²) in [4.78, 5) is -0.0605. The lowest BCUT2D eigenvalue weighted by atomic mass is 10.0. The topological polar surface area (TPSA) is 124 Å². The third-order valence-corrected chi connectivity index (χ3v) is 11.5. The first-order valence-electron chi connectivity index (χ1n) is 12.8.